The van der Waals surface area contributed by atoms with Gasteiger partial charge in [-0.05, 0) is 50.6 Å². The second kappa shape index (κ2) is 8.37. The van der Waals surface area contributed by atoms with E-state index in [1.807, 2.05) is 13.0 Å². The highest BCUT2D eigenvalue weighted by atomic mass is 32.2. The fraction of sp³-hybridized carbons (Fsp3) is 0.150. The van der Waals surface area contributed by atoms with E-state index in [-0.39, 0.29) is 16.3 Å². The first-order valence-electron chi connectivity index (χ1n) is 8.90. The molecule has 0 saturated heterocycles. The molecule has 0 aliphatic heterocycles. The molecule has 1 aromatic heterocycles. The van der Waals surface area contributed by atoms with Gasteiger partial charge in [0.1, 0.15) is 16.4 Å². The molecular formula is C20H20N4O5S. The van der Waals surface area contributed by atoms with E-state index in [1.54, 1.807) is 38.1 Å². The van der Waals surface area contributed by atoms with Crippen LogP contribution in [0.1, 0.15) is 23.8 Å². The predicted molar refractivity (Wildman–Crippen MR) is 114 cm³/mol. The Hall–Kier alpha value is -3.66. The van der Waals surface area contributed by atoms with Gasteiger partial charge in [0, 0.05) is 12.1 Å². The zero-order valence-electron chi connectivity index (χ0n) is 16.5. The third-order valence-electron chi connectivity index (χ3n) is 4.31. The van der Waals surface area contributed by atoms with Gasteiger partial charge < -0.3 is 4.42 Å². The minimum Gasteiger partial charge on any atom is -0.463 e. The molecule has 0 unspecified atom stereocenters. The maximum atomic E-state index is 13.1. The summed E-state index contributed by atoms with van der Waals surface area (Å²) < 4.78 is 33.9. The lowest BCUT2D eigenvalue weighted by Gasteiger charge is -2.14. The number of benzene rings is 2. The summed E-state index contributed by atoms with van der Waals surface area (Å²) in [5.74, 6) is 0.502. The van der Waals surface area contributed by atoms with Crippen molar-refractivity contribution in [3.63, 3.8) is 0 Å². The Kier molecular flexibility index (Phi) is 5.88. The molecule has 3 rings (SSSR count). The Morgan fingerprint density at radius 2 is 1.83 bits per heavy atom. The summed E-state index contributed by atoms with van der Waals surface area (Å²) in [4.78, 5) is 10.2. The van der Waals surface area contributed by atoms with Gasteiger partial charge >= 0.3 is 0 Å². The number of non-ortho nitro benzene ring substituents is 1. The van der Waals surface area contributed by atoms with E-state index < -0.39 is 14.9 Å². The smallest absolute Gasteiger partial charge is 0.270 e. The van der Waals surface area contributed by atoms with E-state index in [2.05, 4.69) is 15.2 Å². The molecule has 10 heteroatoms. The lowest BCUT2D eigenvalue weighted by Crippen LogP contribution is -2.16. The lowest BCUT2D eigenvalue weighted by atomic mass is 10.1. The van der Waals surface area contributed by atoms with Crippen LogP contribution in [-0.4, -0.2) is 19.1 Å². The first-order valence-corrected chi connectivity index (χ1v) is 10.4. The maximum Gasteiger partial charge on any atom is 0.270 e. The summed E-state index contributed by atoms with van der Waals surface area (Å²) in [5, 5.41) is 15.3. The largest absolute Gasteiger partial charge is 0.463 e. The van der Waals surface area contributed by atoms with Gasteiger partial charge in [0.25, 0.3) is 15.7 Å². The number of sulfonamides is 1. The number of aryl methyl sites for hydroxylation is 2. The number of hydrazone groups is 1. The number of nitro groups is 1. The third-order valence-corrected chi connectivity index (χ3v) is 5.72. The van der Waals surface area contributed by atoms with Gasteiger partial charge in [-0.3, -0.25) is 20.3 Å². The van der Waals surface area contributed by atoms with Gasteiger partial charge in [-0.15, -0.1) is 0 Å². The van der Waals surface area contributed by atoms with E-state index in [9.17, 15) is 18.5 Å². The predicted octanol–water partition coefficient (Wildman–Crippen LogP) is 4.44. The molecule has 0 saturated carbocycles. The Morgan fingerprint density at radius 3 is 2.47 bits per heavy atom. The number of rotatable bonds is 7. The molecule has 9 nitrogen and oxygen atoms in total. The molecule has 156 valence electrons. The van der Waals surface area contributed by atoms with Crippen molar-refractivity contribution in [3.05, 3.63) is 81.8 Å². The molecular weight excluding hydrogens is 408 g/mol. The van der Waals surface area contributed by atoms with Crippen LogP contribution in [0.4, 0.5) is 17.1 Å². The standard InChI is InChI=1S/C20H20N4O5S/c1-13-6-8-17(14(2)11-13)23-30(27,28)20-12-16(24(25)26)7-9-18(20)22-21-15(3)19-5-4-10-29-19/h4-12,22-23H,1-3H3/b21-15+. The van der Waals surface area contributed by atoms with Gasteiger partial charge in [-0.25, -0.2) is 8.42 Å². The second-order valence-electron chi connectivity index (χ2n) is 6.65. The van der Waals surface area contributed by atoms with E-state index in [0.29, 0.717) is 17.2 Å². The number of hydrogen-bond donors (Lipinski definition) is 2. The van der Waals surface area contributed by atoms with E-state index in [4.69, 9.17) is 4.42 Å². The molecule has 2 N–H and O–H groups in total. The van der Waals surface area contributed by atoms with Crippen molar-refractivity contribution in [1.29, 1.82) is 0 Å². The van der Waals surface area contributed by atoms with Crippen LogP contribution < -0.4 is 10.1 Å². The van der Waals surface area contributed by atoms with Crippen molar-refractivity contribution >= 4 is 32.8 Å². The van der Waals surface area contributed by atoms with Crippen molar-refractivity contribution < 1.29 is 17.8 Å². The maximum absolute atomic E-state index is 13.1. The van der Waals surface area contributed by atoms with E-state index >= 15 is 0 Å². The minimum absolute atomic E-state index is 0.0868. The van der Waals surface area contributed by atoms with Gasteiger partial charge in [-0.2, -0.15) is 5.10 Å². The second-order valence-corrected chi connectivity index (χ2v) is 8.30. The third kappa shape index (κ3) is 4.66. The van der Waals surface area contributed by atoms with Gasteiger partial charge in [0.05, 0.1) is 22.6 Å². The molecule has 30 heavy (non-hydrogen) atoms. The molecule has 0 amide bonds. The first-order chi connectivity index (χ1) is 14.2. The number of anilines is 2. The topological polar surface area (TPSA) is 127 Å². The normalized spacial score (nSPS) is 11.9. The molecule has 0 aliphatic carbocycles. The van der Waals surface area contributed by atoms with Crippen molar-refractivity contribution in [3.8, 4) is 0 Å². The average molecular weight is 428 g/mol. The van der Waals surface area contributed by atoms with Crippen molar-refractivity contribution in [2.24, 2.45) is 5.10 Å². The van der Waals surface area contributed by atoms with E-state index in [1.165, 1.54) is 18.4 Å². The summed E-state index contributed by atoms with van der Waals surface area (Å²) in [5.41, 5.74) is 4.97. The first kappa shape index (κ1) is 21.1. The molecule has 0 bridgehead atoms. The van der Waals surface area contributed by atoms with Gasteiger partial charge in [-0.1, -0.05) is 17.7 Å². The molecule has 0 spiro atoms. The van der Waals surface area contributed by atoms with Crippen LogP contribution in [-0.2, 0) is 10.0 Å². The van der Waals surface area contributed by atoms with Crippen molar-refractivity contribution in [2.45, 2.75) is 25.7 Å². The van der Waals surface area contributed by atoms with Crippen LogP contribution in [0.2, 0.25) is 0 Å². The molecule has 0 radical (unpaired) electrons. The molecule has 3 aromatic rings. The van der Waals surface area contributed by atoms with Crippen LogP contribution >= 0.6 is 0 Å². The summed E-state index contributed by atoms with van der Waals surface area (Å²) in [6.45, 7) is 5.35. The summed E-state index contributed by atoms with van der Waals surface area (Å²) in [6.07, 6.45) is 1.49. The molecule has 0 aliphatic rings. The SMILES string of the molecule is C/C(=N\Nc1ccc([N+](=O)[O-])cc1S(=O)(=O)Nc1ccc(C)cc1C)c1ccco1. The zero-order chi connectivity index (χ0) is 21.9. The van der Waals surface area contributed by atoms with Crippen LogP contribution in [0.25, 0.3) is 0 Å². The molecule has 0 fully saturated rings. The zero-order valence-corrected chi connectivity index (χ0v) is 17.4. The number of nitro benzene ring substituents is 1. The number of nitrogens with zero attached hydrogens (tertiary/aromatic N) is 2. The Balaban J connectivity index is 2.01. The van der Waals surface area contributed by atoms with Crippen molar-refractivity contribution in [1.82, 2.24) is 0 Å². The van der Waals surface area contributed by atoms with Crippen LogP contribution in [0.15, 0.2) is 69.2 Å². The minimum atomic E-state index is -4.15. The monoisotopic (exact) mass is 428 g/mol. The Labute approximate surface area is 173 Å². The summed E-state index contributed by atoms with van der Waals surface area (Å²) in [6, 6.07) is 12.2. The number of nitrogens with one attached hydrogen (secondary N) is 2. The highest BCUT2D eigenvalue weighted by molar-refractivity contribution is 7.92. The fourth-order valence-electron chi connectivity index (χ4n) is 2.75. The number of hydrogen-bond acceptors (Lipinski definition) is 7. The Morgan fingerprint density at radius 1 is 1.10 bits per heavy atom. The number of furan rings is 1. The highest BCUT2D eigenvalue weighted by Crippen LogP contribution is 2.29. The molecule has 0 atom stereocenters. The van der Waals surface area contributed by atoms with Crippen LogP contribution in [0.5, 0.6) is 0 Å². The van der Waals surface area contributed by atoms with Gasteiger partial charge in [0.2, 0.25) is 0 Å². The van der Waals surface area contributed by atoms with E-state index in [0.717, 1.165) is 17.2 Å². The van der Waals surface area contributed by atoms with Crippen molar-refractivity contribution in [2.75, 3.05) is 10.1 Å². The highest BCUT2D eigenvalue weighted by Gasteiger charge is 2.23. The van der Waals surface area contributed by atoms with Crippen LogP contribution in [0, 0.1) is 24.0 Å². The summed E-state index contributed by atoms with van der Waals surface area (Å²) >= 11 is 0. The van der Waals surface area contributed by atoms with Gasteiger partial charge in [0.15, 0.2) is 0 Å². The molecule has 1 heterocycles. The summed E-state index contributed by atoms with van der Waals surface area (Å²) in [7, 11) is -4.15. The quantitative estimate of drug-likeness (QED) is 0.325. The lowest BCUT2D eigenvalue weighted by molar-refractivity contribution is -0.385. The molecule has 2 aromatic carbocycles. The Bertz CT molecular complexity index is 1220. The van der Waals surface area contributed by atoms with Crippen LogP contribution in [0.3, 0.4) is 0 Å². The fourth-order valence-corrected chi connectivity index (χ4v) is 4.06. The average Bonchev–Trinajstić information content (AvgIpc) is 3.23.